The van der Waals surface area contributed by atoms with Crippen LogP contribution in [-0.4, -0.2) is 65.5 Å². The van der Waals surface area contributed by atoms with Gasteiger partial charge in [-0.15, -0.1) is 29.1 Å². The van der Waals surface area contributed by atoms with Gasteiger partial charge in [0, 0.05) is 39.9 Å². The fourth-order valence-corrected chi connectivity index (χ4v) is 2.45. The lowest BCUT2D eigenvalue weighted by atomic mass is 9.99. The Morgan fingerprint density at radius 2 is 2.04 bits per heavy atom. The predicted molar refractivity (Wildman–Crippen MR) is 120 cm³/mol. The normalized spacial score (nSPS) is 12.2. The number of amides is 1. The van der Waals surface area contributed by atoms with E-state index in [2.05, 4.69) is 39.8 Å². The Hall–Kier alpha value is -1.39. The zero-order valence-corrected chi connectivity index (χ0v) is 19.5. The number of hydrogen-bond donors (Lipinski definition) is 2. The van der Waals surface area contributed by atoms with Gasteiger partial charge in [0.25, 0.3) is 0 Å². The summed E-state index contributed by atoms with van der Waals surface area (Å²) in [4.78, 5) is 17.8. The van der Waals surface area contributed by atoms with Gasteiger partial charge in [-0.1, -0.05) is 38.3 Å². The van der Waals surface area contributed by atoms with Gasteiger partial charge in [-0.2, -0.15) is 0 Å². The third-order valence-electron chi connectivity index (χ3n) is 4.30. The van der Waals surface area contributed by atoms with E-state index in [4.69, 9.17) is 0 Å². The van der Waals surface area contributed by atoms with Gasteiger partial charge >= 0.3 is 0 Å². The maximum atomic E-state index is 11.8. The number of halogens is 1. The van der Waals surface area contributed by atoms with E-state index in [1.807, 2.05) is 6.20 Å². The first-order valence-corrected chi connectivity index (χ1v) is 9.63. The van der Waals surface area contributed by atoms with Crippen LogP contribution in [0.1, 0.15) is 46.0 Å². The highest BCUT2D eigenvalue weighted by Gasteiger charge is 2.08. The zero-order chi connectivity index (χ0) is 19.2. The van der Waals surface area contributed by atoms with Gasteiger partial charge in [-0.05, 0) is 18.8 Å². The first kappa shape index (κ1) is 25.6. The molecular weight excluding hydrogens is 457 g/mol. The van der Waals surface area contributed by atoms with E-state index in [0.29, 0.717) is 11.9 Å². The van der Waals surface area contributed by atoms with E-state index in [0.717, 1.165) is 32.5 Å². The van der Waals surface area contributed by atoms with Crippen LogP contribution in [0.5, 0.6) is 0 Å². The van der Waals surface area contributed by atoms with E-state index in [9.17, 15) is 4.79 Å². The Kier molecular flexibility index (Phi) is 14.8. The van der Waals surface area contributed by atoms with Crippen molar-refractivity contribution in [1.29, 1.82) is 0 Å². The highest BCUT2D eigenvalue weighted by Crippen LogP contribution is 2.11. The Bertz CT molecular complexity index is 520. The molecule has 1 rings (SSSR count). The number of rotatable bonds is 12. The zero-order valence-electron chi connectivity index (χ0n) is 17.1. The number of guanidine groups is 1. The van der Waals surface area contributed by atoms with Gasteiger partial charge in [0.2, 0.25) is 5.91 Å². The van der Waals surface area contributed by atoms with Gasteiger partial charge in [0.1, 0.15) is 6.54 Å². The summed E-state index contributed by atoms with van der Waals surface area (Å²) in [5.74, 6) is 1.32. The van der Waals surface area contributed by atoms with Gasteiger partial charge in [0.15, 0.2) is 5.96 Å². The van der Waals surface area contributed by atoms with Crippen molar-refractivity contribution in [1.82, 2.24) is 30.5 Å². The van der Waals surface area contributed by atoms with E-state index in [1.165, 1.54) is 19.3 Å². The molecule has 1 heterocycles. The Morgan fingerprint density at radius 1 is 1.26 bits per heavy atom. The topological polar surface area (TPSA) is 87.4 Å². The van der Waals surface area contributed by atoms with Gasteiger partial charge in [0.05, 0.1) is 6.20 Å². The van der Waals surface area contributed by atoms with Crippen LogP contribution in [0.2, 0.25) is 0 Å². The molecule has 1 unspecified atom stereocenters. The van der Waals surface area contributed by atoms with Crippen molar-refractivity contribution >= 4 is 35.8 Å². The standard InChI is InChI=1S/C18H35N7O.HI/c1-5-7-9-16(6-2)14-20-18(21-15-17(26)24(3)4)19-10-8-12-25-13-11-22-23-25;/h11,13,16H,5-10,12,14-15H2,1-4H3,(H2,19,20,21);1H. The minimum Gasteiger partial charge on any atom is -0.356 e. The molecule has 0 aliphatic heterocycles. The van der Waals surface area contributed by atoms with Crippen molar-refractivity contribution in [2.75, 3.05) is 33.7 Å². The molecule has 8 nitrogen and oxygen atoms in total. The molecule has 0 spiro atoms. The SMILES string of the molecule is CCCCC(CC)CNC(=NCC(=O)N(C)C)NCCCn1ccnn1.I. The van der Waals surface area contributed by atoms with Crippen LogP contribution < -0.4 is 10.6 Å². The second-order valence-corrected chi connectivity index (χ2v) is 6.70. The maximum Gasteiger partial charge on any atom is 0.243 e. The van der Waals surface area contributed by atoms with Crippen LogP contribution in [0.3, 0.4) is 0 Å². The molecule has 0 radical (unpaired) electrons. The molecule has 0 aromatic carbocycles. The number of carbonyl (C=O) groups is 1. The number of likely N-dealkylation sites (N-methyl/N-ethyl adjacent to an activating group) is 1. The summed E-state index contributed by atoms with van der Waals surface area (Å²) in [6.07, 6.45) is 9.25. The van der Waals surface area contributed by atoms with Gasteiger partial charge in [-0.3, -0.25) is 9.48 Å². The smallest absolute Gasteiger partial charge is 0.243 e. The highest BCUT2D eigenvalue weighted by molar-refractivity contribution is 14.0. The highest BCUT2D eigenvalue weighted by atomic mass is 127. The minimum atomic E-state index is -0.00765. The first-order valence-electron chi connectivity index (χ1n) is 9.63. The number of aryl methyl sites for hydroxylation is 1. The third-order valence-corrected chi connectivity index (χ3v) is 4.30. The number of unbranched alkanes of at least 4 members (excludes halogenated alkanes) is 1. The quantitative estimate of drug-likeness (QED) is 0.202. The summed E-state index contributed by atoms with van der Waals surface area (Å²) in [7, 11) is 3.49. The Balaban J connectivity index is 0.00000676. The van der Waals surface area contributed by atoms with Crippen LogP contribution in [0, 0.1) is 5.92 Å². The minimum absolute atomic E-state index is 0. The fraction of sp³-hybridized carbons (Fsp3) is 0.778. The molecule has 1 amide bonds. The summed E-state index contributed by atoms with van der Waals surface area (Å²) >= 11 is 0. The number of hydrogen-bond acceptors (Lipinski definition) is 4. The van der Waals surface area contributed by atoms with Crippen molar-refractivity contribution in [2.24, 2.45) is 10.9 Å². The van der Waals surface area contributed by atoms with Crippen molar-refractivity contribution < 1.29 is 4.79 Å². The molecule has 0 aliphatic rings. The maximum absolute atomic E-state index is 11.8. The lowest BCUT2D eigenvalue weighted by molar-refractivity contribution is -0.127. The molecule has 27 heavy (non-hydrogen) atoms. The van der Waals surface area contributed by atoms with Gasteiger partial charge in [-0.25, -0.2) is 4.99 Å². The molecular formula is C18H36IN7O. The predicted octanol–water partition coefficient (Wildman–Crippen LogP) is 2.13. The molecule has 1 aromatic rings. The van der Waals surface area contributed by atoms with Crippen LogP contribution >= 0.6 is 24.0 Å². The first-order chi connectivity index (χ1) is 12.6. The molecule has 0 saturated heterocycles. The average molecular weight is 493 g/mol. The summed E-state index contributed by atoms with van der Waals surface area (Å²) in [5.41, 5.74) is 0. The van der Waals surface area contributed by atoms with E-state index >= 15 is 0 Å². The molecule has 0 fully saturated rings. The van der Waals surface area contributed by atoms with Crippen LogP contribution in [0.15, 0.2) is 17.4 Å². The molecule has 0 saturated carbocycles. The number of aliphatic imine (C=N–C) groups is 1. The molecule has 1 atom stereocenters. The lowest BCUT2D eigenvalue weighted by Gasteiger charge is -2.18. The van der Waals surface area contributed by atoms with E-state index in [1.54, 1.807) is 29.9 Å². The second kappa shape index (κ2) is 15.6. The summed E-state index contributed by atoms with van der Waals surface area (Å²) < 4.78 is 1.80. The van der Waals surface area contributed by atoms with Crippen molar-refractivity contribution in [3.8, 4) is 0 Å². The van der Waals surface area contributed by atoms with Gasteiger partial charge < -0.3 is 15.5 Å². The van der Waals surface area contributed by atoms with Crippen molar-refractivity contribution in [3.05, 3.63) is 12.4 Å². The molecule has 1 aromatic heterocycles. The van der Waals surface area contributed by atoms with E-state index < -0.39 is 0 Å². The van der Waals surface area contributed by atoms with Crippen LogP contribution in [-0.2, 0) is 11.3 Å². The number of nitrogens with one attached hydrogen (secondary N) is 2. The lowest BCUT2D eigenvalue weighted by Crippen LogP contribution is -2.41. The van der Waals surface area contributed by atoms with Crippen LogP contribution in [0.25, 0.3) is 0 Å². The molecule has 156 valence electrons. The molecule has 2 N–H and O–H groups in total. The van der Waals surface area contributed by atoms with Crippen molar-refractivity contribution in [2.45, 2.75) is 52.5 Å². The molecule has 0 aliphatic carbocycles. The summed E-state index contributed by atoms with van der Waals surface area (Å²) in [6, 6.07) is 0. The Labute approximate surface area is 180 Å². The monoisotopic (exact) mass is 493 g/mol. The number of carbonyl (C=O) groups excluding carboxylic acids is 1. The largest absolute Gasteiger partial charge is 0.356 e. The molecule has 0 bridgehead atoms. The fourth-order valence-electron chi connectivity index (χ4n) is 2.45. The summed E-state index contributed by atoms with van der Waals surface area (Å²) in [5, 5.41) is 14.5. The number of aromatic nitrogens is 3. The Morgan fingerprint density at radius 3 is 2.63 bits per heavy atom. The second-order valence-electron chi connectivity index (χ2n) is 6.70. The van der Waals surface area contributed by atoms with Crippen LogP contribution in [0.4, 0.5) is 0 Å². The van der Waals surface area contributed by atoms with E-state index in [-0.39, 0.29) is 36.4 Å². The number of nitrogens with zero attached hydrogens (tertiary/aromatic N) is 5. The third kappa shape index (κ3) is 11.8. The molecule has 9 heteroatoms. The average Bonchev–Trinajstić information content (AvgIpc) is 3.15. The van der Waals surface area contributed by atoms with Crippen molar-refractivity contribution in [3.63, 3.8) is 0 Å². The summed E-state index contributed by atoms with van der Waals surface area (Å²) in [6.45, 7) is 7.02.